The molecule has 0 aliphatic carbocycles. The standard InChI is InChI=1S/C6H11N2.C4H5F6O4P/c1-3-8-5-4-7(2)6-8;5-3(6,7)1-13-15(11,12)14-2-4(8,9)10/h4-6H,3H2,1-2H3;1-2H2,(H,11,12)/q+1;/p-1. The van der Waals surface area contributed by atoms with Gasteiger partial charge in [0.15, 0.2) is 13.2 Å². The molecule has 1 rings (SSSR count). The summed E-state index contributed by atoms with van der Waals surface area (Å²) < 4.78 is 89.1. The van der Waals surface area contributed by atoms with Crippen LogP contribution in [-0.2, 0) is 27.2 Å². The molecule has 23 heavy (non-hydrogen) atoms. The molecule has 0 aliphatic rings. The van der Waals surface area contributed by atoms with Crippen LogP contribution in [0.2, 0.25) is 0 Å². The van der Waals surface area contributed by atoms with E-state index in [-0.39, 0.29) is 0 Å². The first kappa shape index (κ1) is 21.9. The van der Waals surface area contributed by atoms with Crippen LogP contribution in [0, 0.1) is 0 Å². The van der Waals surface area contributed by atoms with Gasteiger partial charge in [-0.05, 0) is 6.92 Å². The summed E-state index contributed by atoms with van der Waals surface area (Å²) in [6.45, 7) is -1.28. The number of phosphoric ester groups is 1. The molecule has 1 aromatic rings. The molecule has 0 radical (unpaired) electrons. The van der Waals surface area contributed by atoms with Gasteiger partial charge >= 0.3 is 12.4 Å². The van der Waals surface area contributed by atoms with Crippen LogP contribution in [0.4, 0.5) is 26.3 Å². The summed E-state index contributed by atoms with van der Waals surface area (Å²) in [6.07, 6.45) is -3.80. The molecule has 0 aliphatic heterocycles. The van der Waals surface area contributed by atoms with E-state index in [9.17, 15) is 35.8 Å². The Balaban J connectivity index is 0.000000502. The average molecular weight is 372 g/mol. The first-order valence-electron chi connectivity index (χ1n) is 5.99. The van der Waals surface area contributed by atoms with E-state index in [0.29, 0.717) is 0 Å². The smallest absolute Gasteiger partial charge is 0.412 e. The summed E-state index contributed by atoms with van der Waals surface area (Å²) in [5, 5.41) is 0. The molecule has 0 spiro atoms. The molecule has 0 amide bonds. The van der Waals surface area contributed by atoms with Crippen molar-refractivity contribution >= 4 is 7.82 Å². The van der Waals surface area contributed by atoms with Crippen molar-refractivity contribution in [3.8, 4) is 0 Å². The highest BCUT2D eigenvalue weighted by Gasteiger charge is 2.33. The van der Waals surface area contributed by atoms with Gasteiger partial charge < -0.3 is 13.9 Å². The Morgan fingerprint density at radius 3 is 1.78 bits per heavy atom. The molecule has 0 atom stereocenters. The van der Waals surface area contributed by atoms with Gasteiger partial charge in [-0.15, -0.1) is 0 Å². The second-order valence-corrected chi connectivity index (χ2v) is 5.54. The maximum Gasteiger partial charge on any atom is 0.412 e. The average Bonchev–Trinajstić information content (AvgIpc) is 2.80. The number of nitrogens with zero attached hydrogens (tertiary/aromatic N) is 2. The van der Waals surface area contributed by atoms with Gasteiger partial charge in [0.1, 0.15) is 12.4 Å². The SMILES string of the molecule is CCn1cc[n+](C)c1.O=P([O-])(OCC(F)(F)F)OCC(F)(F)F. The first-order valence-corrected chi connectivity index (χ1v) is 7.45. The lowest BCUT2D eigenvalue weighted by molar-refractivity contribution is -0.671. The highest BCUT2D eigenvalue weighted by Crippen LogP contribution is 2.41. The minimum atomic E-state index is -5.58. The summed E-state index contributed by atoms with van der Waals surface area (Å²) in [7, 11) is -3.56. The van der Waals surface area contributed by atoms with Crippen molar-refractivity contribution in [3.63, 3.8) is 0 Å². The Morgan fingerprint density at radius 1 is 1.13 bits per heavy atom. The normalized spacial score (nSPS) is 12.7. The number of hydrogen-bond donors (Lipinski definition) is 0. The minimum Gasteiger partial charge on any atom is -0.756 e. The van der Waals surface area contributed by atoms with Gasteiger partial charge in [-0.1, -0.05) is 0 Å². The highest BCUT2D eigenvalue weighted by molar-refractivity contribution is 7.45. The quantitative estimate of drug-likeness (QED) is 0.450. The van der Waals surface area contributed by atoms with E-state index in [4.69, 9.17) is 0 Å². The predicted octanol–water partition coefficient (Wildman–Crippen LogP) is 1.95. The minimum absolute atomic E-state index is 1.06. The van der Waals surface area contributed by atoms with Crippen molar-refractivity contribution in [2.45, 2.75) is 25.8 Å². The lowest BCUT2D eigenvalue weighted by atomic mass is 10.7. The zero-order valence-corrected chi connectivity index (χ0v) is 13.0. The molecule has 1 aromatic heterocycles. The lowest BCUT2D eigenvalue weighted by Gasteiger charge is -2.23. The van der Waals surface area contributed by atoms with Crippen LogP contribution in [0.3, 0.4) is 0 Å². The molecule has 0 saturated carbocycles. The molecule has 0 unspecified atom stereocenters. The second kappa shape index (κ2) is 8.67. The van der Waals surface area contributed by atoms with E-state index < -0.39 is 33.4 Å². The number of halogens is 6. The van der Waals surface area contributed by atoms with Crippen molar-refractivity contribution in [2.75, 3.05) is 13.2 Å². The van der Waals surface area contributed by atoms with Gasteiger partial charge in [-0.25, -0.2) is 9.13 Å². The Hall–Kier alpha value is -1.10. The van der Waals surface area contributed by atoms with E-state index in [2.05, 4.69) is 33.1 Å². The molecule has 136 valence electrons. The zero-order valence-electron chi connectivity index (χ0n) is 12.1. The summed E-state index contributed by atoms with van der Waals surface area (Å²) in [5.41, 5.74) is 0. The molecule has 0 bridgehead atoms. The number of phosphoric acid groups is 1. The number of hydrogen-bond acceptors (Lipinski definition) is 4. The molecule has 13 heteroatoms. The number of aryl methyl sites for hydroxylation is 2. The fourth-order valence-electron chi connectivity index (χ4n) is 1.03. The topological polar surface area (TPSA) is 67.4 Å². The van der Waals surface area contributed by atoms with Crippen molar-refractivity contribution in [1.82, 2.24) is 4.57 Å². The second-order valence-electron chi connectivity index (χ2n) is 4.13. The molecular weight excluding hydrogens is 357 g/mol. The summed E-state index contributed by atoms with van der Waals surface area (Å²) in [6, 6.07) is 0. The van der Waals surface area contributed by atoms with Gasteiger partial charge in [0.25, 0.3) is 7.82 Å². The maximum atomic E-state index is 11.4. The predicted molar refractivity (Wildman–Crippen MR) is 62.9 cm³/mol. The molecule has 0 saturated heterocycles. The Kier molecular flexibility index (Phi) is 8.25. The number of rotatable bonds is 5. The van der Waals surface area contributed by atoms with Gasteiger partial charge in [0.2, 0.25) is 6.33 Å². The van der Waals surface area contributed by atoms with E-state index in [1.54, 1.807) is 0 Å². The fourth-order valence-corrected chi connectivity index (χ4v) is 1.71. The van der Waals surface area contributed by atoms with Crippen LogP contribution in [0.1, 0.15) is 6.92 Å². The van der Waals surface area contributed by atoms with E-state index >= 15 is 0 Å². The van der Waals surface area contributed by atoms with E-state index in [0.717, 1.165) is 6.54 Å². The van der Waals surface area contributed by atoms with E-state index in [1.807, 2.05) is 17.8 Å². The van der Waals surface area contributed by atoms with Crippen molar-refractivity contribution in [3.05, 3.63) is 18.7 Å². The molecular formula is C10H15F6N2O4P. The van der Waals surface area contributed by atoms with Crippen LogP contribution < -0.4 is 9.46 Å². The van der Waals surface area contributed by atoms with Crippen LogP contribution >= 0.6 is 7.82 Å². The van der Waals surface area contributed by atoms with Crippen molar-refractivity contribution in [2.24, 2.45) is 7.05 Å². The molecule has 0 N–H and O–H groups in total. The van der Waals surface area contributed by atoms with Gasteiger partial charge in [-0.3, -0.25) is 4.57 Å². The monoisotopic (exact) mass is 372 g/mol. The van der Waals surface area contributed by atoms with Gasteiger partial charge in [0, 0.05) is 0 Å². The van der Waals surface area contributed by atoms with Crippen molar-refractivity contribution < 1.29 is 49.4 Å². The Morgan fingerprint density at radius 2 is 1.57 bits per heavy atom. The Labute approximate surface area is 127 Å². The van der Waals surface area contributed by atoms with Crippen LogP contribution in [0.15, 0.2) is 18.7 Å². The number of aromatic nitrogens is 2. The molecule has 0 fully saturated rings. The number of alkyl halides is 6. The van der Waals surface area contributed by atoms with Crippen LogP contribution in [0.5, 0.6) is 0 Å². The van der Waals surface area contributed by atoms with Crippen molar-refractivity contribution in [1.29, 1.82) is 0 Å². The summed E-state index contributed by atoms with van der Waals surface area (Å²) in [4.78, 5) is 10.3. The summed E-state index contributed by atoms with van der Waals surface area (Å²) in [5.74, 6) is 0. The maximum absolute atomic E-state index is 11.4. The summed E-state index contributed by atoms with van der Waals surface area (Å²) >= 11 is 0. The zero-order chi connectivity index (χ0) is 18.3. The molecule has 6 nitrogen and oxygen atoms in total. The third kappa shape index (κ3) is 13.1. The van der Waals surface area contributed by atoms with Gasteiger partial charge in [0.05, 0.1) is 13.6 Å². The Bertz CT molecular complexity index is 494. The van der Waals surface area contributed by atoms with Crippen LogP contribution in [0.25, 0.3) is 0 Å². The first-order chi connectivity index (χ1) is 10.2. The largest absolute Gasteiger partial charge is 0.756 e. The fraction of sp³-hybridized carbons (Fsp3) is 0.700. The van der Waals surface area contributed by atoms with Gasteiger partial charge in [-0.2, -0.15) is 26.3 Å². The van der Waals surface area contributed by atoms with E-state index in [1.165, 1.54) is 0 Å². The molecule has 0 aromatic carbocycles. The lowest BCUT2D eigenvalue weighted by Crippen LogP contribution is -2.23. The molecule has 1 heterocycles. The third-order valence-corrected chi connectivity index (χ3v) is 2.85. The van der Waals surface area contributed by atoms with Crippen LogP contribution in [-0.4, -0.2) is 30.1 Å². The third-order valence-electron chi connectivity index (χ3n) is 1.96. The highest BCUT2D eigenvalue weighted by atomic mass is 31.2. The number of imidazole rings is 1.